The van der Waals surface area contributed by atoms with E-state index in [0.717, 1.165) is 9.15 Å². The second kappa shape index (κ2) is 9.03. The highest BCUT2D eigenvalue weighted by Gasteiger charge is 2.14. The Kier molecular flexibility index (Phi) is 6.00. The Hall–Kier alpha value is -3.98. The maximum absolute atomic E-state index is 13.1. The third-order valence-corrected chi connectivity index (χ3v) is 5.13. The molecule has 160 valence electrons. The lowest BCUT2D eigenvalue weighted by molar-refractivity contribution is 0.0995. The van der Waals surface area contributed by atoms with Crippen molar-refractivity contribution in [1.82, 2.24) is 9.66 Å². The smallest absolute Gasteiger partial charge is 0.282 e. The largest absolute Gasteiger partial charge is 0.507 e. The zero-order valence-corrected chi connectivity index (χ0v) is 18.2. The molecule has 0 aliphatic rings. The van der Waals surface area contributed by atoms with Crippen LogP contribution in [-0.4, -0.2) is 26.9 Å². The summed E-state index contributed by atoms with van der Waals surface area (Å²) in [6.45, 7) is -0.147. The first-order valence-corrected chi connectivity index (χ1v) is 10.3. The van der Waals surface area contributed by atoms with Crippen LogP contribution >= 0.6 is 15.9 Å². The Morgan fingerprint density at radius 2 is 1.91 bits per heavy atom. The standard InChI is InChI=1S/C23H17BrN4O4/c24-15-9-10-19(29)14(11-15)12-26-28-21(27-18-7-3-1-5-16(18)23(28)31)13-32-20-8-4-2-6-17(20)22(25)30/h1-12,29H,13H2,(H2,25,30)/b26-12-. The molecule has 0 aliphatic heterocycles. The van der Waals surface area contributed by atoms with Gasteiger partial charge < -0.3 is 15.6 Å². The molecule has 0 spiro atoms. The number of nitrogens with two attached hydrogens (primary N) is 1. The number of carbonyl (C=O) groups excluding carboxylic acids is 1. The lowest BCUT2D eigenvalue weighted by atomic mass is 10.2. The summed E-state index contributed by atoms with van der Waals surface area (Å²) < 4.78 is 7.62. The number of nitrogens with zero attached hydrogens (tertiary/aromatic N) is 3. The summed E-state index contributed by atoms with van der Waals surface area (Å²) in [5.74, 6) is -0.152. The third-order valence-electron chi connectivity index (χ3n) is 4.63. The van der Waals surface area contributed by atoms with Crippen LogP contribution in [0.15, 0.2) is 81.1 Å². The minimum absolute atomic E-state index is 0.00642. The van der Waals surface area contributed by atoms with E-state index in [1.165, 1.54) is 12.3 Å². The molecule has 8 nitrogen and oxygen atoms in total. The molecule has 3 N–H and O–H groups in total. The Bertz CT molecular complexity index is 1420. The summed E-state index contributed by atoms with van der Waals surface area (Å²) in [6.07, 6.45) is 1.36. The van der Waals surface area contributed by atoms with Gasteiger partial charge >= 0.3 is 0 Å². The first-order valence-electron chi connectivity index (χ1n) is 9.49. The number of para-hydroxylation sites is 2. The van der Waals surface area contributed by atoms with E-state index >= 15 is 0 Å². The molecule has 0 bridgehead atoms. The number of benzene rings is 3. The van der Waals surface area contributed by atoms with Crippen LogP contribution in [0.1, 0.15) is 21.7 Å². The summed E-state index contributed by atoms with van der Waals surface area (Å²) >= 11 is 3.34. The number of amides is 1. The predicted molar refractivity (Wildman–Crippen MR) is 124 cm³/mol. The molecule has 4 aromatic rings. The second-order valence-electron chi connectivity index (χ2n) is 6.76. The van der Waals surface area contributed by atoms with E-state index in [1.807, 2.05) is 0 Å². The van der Waals surface area contributed by atoms with Gasteiger partial charge in [-0.3, -0.25) is 9.59 Å². The van der Waals surface area contributed by atoms with Crippen molar-refractivity contribution in [1.29, 1.82) is 0 Å². The van der Waals surface area contributed by atoms with Crippen LogP contribution in [0.2, 0.25) is 0 Å². The molecule has 0 radical (unpaired) electrons. The normalized spacial score (nSPS) is 11.2. The number of aromatic hydroxyl groups is 1. The van der Waals surface area contributed by atoms with Crippen LogP contribution < -0.4 is 16.0 Å². The molecular formula is C23H17BrN4O4. The maximum Gasteiger partial charge on any atom is 0.282 e. The second-order valence-corrected chi connectivity index (χ2v) is 7.67. The quantitative estimate of drug-likeness (QED) is 0.399. The van der Waals surface area contributed by atoms with Crippen LogP contribution in [0.3, 0.4) is 0 Å². The number of halogens is 1. The van der Waals surface area contributed by atoms with Crippen molar-refractivity contribution >= 4 is 39.0 Å². The van der Waals surface area contributed by atoms with Crippen LogP contribution in [0.5, 0.6) is 11.5 Å². The van der Waals surface area contributed by atoms with Crippen LogP contribution in [0.4, 0.5) is 0 Å². The van der Waals surface area contributed by atoms with E-state index in [9.17, 15) is 14.7 Å². The zero-order chi connectivity index (χ0) is 22.7. The van der Waals surface area contributed by atoms with Gasteiger partial charge in [-0.05, 0) is 42.5 Å². The highest BCUT2D eigenvalue weighted by molar-refractivity contribution is 9.10. The van der Waals surface area contributed by atoms with Crippen molar-refractivity contribution in [2.45, 2.75) is 6.61 Å². The summed E-state index contributed by atoms with van der Waals surface area (Å²) in [6, 6.07) is 18.3. The van der Waals surface area contributed by atoms with E-state index in [2.05, 4.69) is 26.0 Å². The number of hydrogen-bond donors (Lipinski definition) is 2. The van der Waals surface area contributed by atoms with Gasteiger partial charge in [0.05, 0.1) is 22.7 Å². The minimum atomic E-state index is -0.632. The average Bonchev–Trinajstić information content (AvgIpc) is 2.79. The summed E-state index contributed by atoms with van der Waals surface area (Å²) in [7, 11) is 0. The molecule has 1 aromatic heterocycles. The Labute approximate surface area is 190 Å². The van der Waals surface area contributed by atoms with Crippen molar-refractivity contribution in [3.8, 4) is 11.5 Å². The molecule has 0 atom stereocenters. The Morgan fingerprint density at radius 1 is 1.16 bits per heavy atom. The topological polar surface area (TPSA) is 120 Å². The fraction of sp³-hybridized carbons (Fsp3) is 0.0435. The van der Waals surface area contributed by atoms with E-state index < -0.39 is 11.5 Å². The molecular weight excluding hydrogens is 476 g/mol. The number of aromatic nitrogens is 2. The van der Waals surface area contributed by atoms with Crippen molar-refractivity contribution in [3.63, 3.8) is 0 Å². The highest BCUT2D eigenvalue weighted by Crippen LogP contribution is 2.21. The zero-order valence-electron chi connectivity index (χ0n) is 16.6. The Morgan fingerprint density at radius 3 is 2.72 bits per heavy atom. The van der Waals surface area contributed by atoms with Gasteiger partial charge in [0.2, 0.25) is 0 Å². The van der Waals surface area contributed by atoms with Crippen molar-refractivity contribution in [2.24, 2.45) is 10.8 Å². The minimum Gasteiger partial charge on any atom is -0.507 e. The molecule has 1 amide bonds. The van der Waals surface area contributed by atoms with E-state index in [1.54, 1.807) is 60.7 Å². The number of phenolic OH excluding ortho intramolecular Hbond substituents is 1. The number of carbonyl (C=O) groups is 1. The van der Waals surface area contributed by atoms with Crippen LogP contribution in [0, 0.1) is 0 Å². The number of fused-ring (bicyclic) bond motifs is 1. The first-order chi connectivity index (χ1) is 15.4. The fourth-order valence-electron chi connectivity index (χ4n) is 3.07. The van der Waals surface area contributed by atoms with Gasteiger partial charge in [-0.15, -0.1) is 0 Å². The molecule has 0 saturated carbocycles. The van der Waals surface area contributed by atoms with Crippen molar-refractivity contribution in [2.75, 3.05) is 0 Å². The molecule has 4 rings (SSSR count). The van der Waals surface area contributed by atoms with Gasteiger partial charge in [0.25, 0.3) is 11.5 Å². The summed E-state index contributed by atoms with van der Waals surface area (Å²) in [4.78, 5) is 29.3. The van der Waals surface area contributed by atoms with E-state index in [-0.39, 0.29) is 29.5 Å². The molecule has 32 heavy (non-hydrogen) atoms. The summed E-state index contributed by atoms with van der Waals surface area (Å²) in [5, 5.41) is 14.7. The van der Waals surface area contributed by atoms with Gasteiger partial charge in [-0.1, -0.05) is 40.2 Å². The molecule has 0 saturated heterocycles. The lowest BCUT2D eigenvalue weighted by Crippen LogP contribution is -2.24. The van der Waals surface area contributed by atoms with Crippen molar-refractivity contribution in [3.05, 3.63) is 98.5 Å². The molecule has 0 fully saturated rings. The number of primary amides is 1. The summed E-state index contributed by atoms with van der Waals surface area (Å²) in [5.41, 5.74) is 6.11. The molecule has 1 heterocycles. The lowest BCUT2D eigenvalue weighted by Gasteiger charge is -2.12. The van der Waals surface area contributed by atoms with Crippen LogP contribution in [0.25, 0.3) is 10.9 Å². The maximum atomic E-state index is 13.1. The van der Waals surface area contributed by atoms with Gasteiger partial charge in [-0.2, -0.15) is 9.78 Å². The number of phenols is 1. The number of hydrogen-bond acceptors (Lipinski definition) is 6. The van der Waals surface area contributed by atoms with Crippen molar-refractivity contribution < 1.29 is 14.6 Å². The van der Waals surface area contributed by atoms with Gasteiger partial charge in [0.15, 0.2) is 5.82 Å². The van der Waals surface area contributed by atoms with Crippen LogP contribution in [-0.2, 0) is 6.61 Å². The average molecular weight is 493 g/mol. The van der Waals surface area contributed by atoms with E-state index in [4.69, 9.17) is 10.5 Å². The predicted octanol–water partition coefficient (Wildman–Crippen LogP) is 3.42. The number of ether oxygens (including phenoxy) is 1. The Balaban J connectivity index is 1.78. The first kappa shape index (κ1) is 21.3. The van der Waals surface area contributed by atoms with Gasteiger partial charge in [0.1, 0.15) is 18.1 Å². The van der Waals surface area contributed by atoms with Gasteiger partial charge in [0, 0.05) is 10.0 Å². The molecule has 9 heteroatoms. The monoisotopic (exact) mass is 492 g/mol. The van der Waals surface area contributed by atoms with Gasteiger partial charge in [-0.25, -0.2) is 4.98 Å². The molecule has 3 aromatic carbocycles. The molecule has 0 unspecified atom stereocenters. The third kappa shape index (κ3) is 4.37. The fourth-order valence-corrected chi connectivity index (χ4v) is 3.45. The SMILES string of the molecule is NC(=O)c1ccccc1OCc1nc2ccccc2c(=O)n1/N=C\c1cc(Br)ccc1O. The highest BCUT2D eigenvalue weighted by atomic mass is 79.9. The molecule has 0 aliphatic carbocycles. The van der Waals surface area contributed by atoms with E-state index in [0.29, 0.717) is 16.5 Å². The number of rotatable bonds is 6.